The van der Waals surface area contributed by atoms with E-state index in [1.165, 1.54) is 6.42 Å². The van der Waals surface area contributed by atoms with Crippen molar-refractivity contribution in [2.75, 3.05) is 7.05 Å². The summed E-state index contributed by atoms with van der Waals surface area (Å²) in [6, 6.07) is 2.24. The molecule has 0 saturated carbocycles. The van der Waals surface area contributed by atoms with Gasteiger partial charge in [-0.05, 0) is 37.1 Å². The number of hydrogen-bond donors (Lipinski definition) is 1. The van der Waals surface area contributed by atoms with Crippen LogP contribution in [0.1, 0.15) is 38.3 Å². The Kier molecular flexibility index (Phi) is 4.49. The molecule has 0 radical (unpaired) electrons. The zero-order chi connectivity index (χ0) is 10.6. The Morgan fingerprint density at radius 1 is 1.57 bits per heavy atom. The van der Waals surface area contributed by atoms with Crippen molar-refractivity contribution in [1.29, 1.82) is 0 Å². The monoisotopic (exact) mass is 215 g/mol. The van der Waals surface area contributed by atoms with Crippen LogP contribution in [0.5, 0.6) is 0 Å². The average molecular weight is 216 g/mol. The van der Waals surface area contributed by atoms with Gasteiger partial charge in [0.15, 0.2) is 5.22 Å². The van der Waals surface area contributed by atoms with Crippen molar-refractivity contribution < 1.29 is 4.42 Å². The maximum absolute atomic E-state index is 5.93. The van der Waals surface area contributed by atoms with Gasteiger partial charge >= 0.3 is 0 Å². The Balaban J connectivity index is 2.67. The molecule has 2 atom stereocenters. The van der Waals surface area contributed by atoms with Crippen LogP contribution in [0.15, 0.2) is 16.7 Å². The molecule has 80 valence electrons. The van der Waals surface area contributed by atoms with E-state index in [1.807, 2.05) is 13.1 Å². The second kappa shape index (κ2) is 5.42. The van der Waals surface area contributed by atoms with E-state index in [0.717, 1.165) is 12.0 Å². The Hall–Kier alpha value is -0.470. The molecule has 0 aliphatic rings. The van der Waals surface area contributed by atoms with Crippen molar-refractivity contribution in [1.82, 2.24) is 5.32 Å². The lowest BCUT2D eigenvalue weighted by Gasteiger charge is -2.18. The molecule has 0 aromatic carbocycles. The van der Waals surface area contributed by atoms with Gasteiger partial charge < -0.3 is 9.73 Å². The van der Waals surface area contributed by atoms with Gasteiger partial charge in [-0.1, -0.05) is 20.3 Å². The average Bonchev–Trinajstić information content (AvgIpc) is 2.60. The van der Waals surface area contributed by atoms with Gasteiger partial charge in [-0.25, -0.2) is 0 Å². The van der Waals surface area contributed by atoms with Crippen LogP contribution in [0.2, 0.25) is 5.22 Å². The summed E-state index contributed by atoms with van der Waals surface area (Å²) in [4.78, 5) is 0. The molecule has 1 aromatic rings. The van der Waals surface area contributed by atoms with E-state index in [4.69, 9.17) is 16.0 Å². The first-order valence-electron chi connectivity index (χ1n) is 5.09. The molecule has 3 heteroatoms. The van der Waals surface area contributed by atoms with E-state index >= 15 is 0 Å². The van der Waals surface area contributed by atoms with Gasteiger partial charge in [0.25, 0.3) is 0 Å². The topological polar surface area (TPSA) is 25.2 Å². The fraction of sp³-hybridized carbons (Fsp3) is 0.636. The van der Waals surface area contributed by atoms with Gasteiger partial charge in [-0.2, -0.15) is 0 Å². The fourth-order valence-corrected chi connectivity index (χ4v) is 1.77. The molecule has 1 aromatic heterocycles. The Labute approximate surface area is 90.6 Å². The highest BCUT2D eigenvalue weighted by atomic mass is 35.5. The molecule has 0 saturated heterocycles. The lowest BCUT2D eigenvalue weighted by atomic mass is 9.96. The molecule has 14 heavy (non-hydrogen) atoms. The number of nitrogens with one attached hydrogen (secondary N) is 1. The largest absolute Gasteiger partial charge is 0.453 e. The predicted octanol–water partition coefficient (Wildman–Crippen LogP) is 3.63. The molecule has 2 nitrogen and oxygen atoms in total. The Morgan fingerprint density at radius 2 is 2.29 bits per heavy atom. The first-order chi connectivity index (χ1) is 6.69. The van der Waals surface area contributed by atoms with E-state index in [1.54, 1.807) is 6.26 Å². The first kappa shape index (κ1) is 11.6. The van der Waals surface area contributed by atoms with Crippen molar-refractivity contribution in [3.8, 4) is 0 Å². The van der Waals surface area contributed by atoms with Crippen LogP contribution < -0.4 is 5.32 Å². The molecule has 2 unspecified atom stereocenters. The molecular formula is C11H18ClNO. The van der Waals surface area contributed by atoms with Crippen LogP contribution in [-0.2, 0) is 0 Å². The maximum atomic E-state index is 5.93. The minimum absolute atomic E-state index is 0.302. The third-order valence-electron chi connectivity index (χ3n) is 2.70. The highest BCUT2D eigenvalue weighted by Crippen LogP contribution is 2.28. The molecule has 1 rings (SSSR count). The predicted molar refractivity (Wildman–Crippen MR) is 59.6 cm³/mol. The third kappa shape index (κ3) is 2.76. The minimum atomic E-state index is 0.302. The van der Waals surface area contributed by atoms with E-state index < -0.39 is 0 Å². The highest BCUT2D eigenvalue weighted by Gasteiger charge is 2.17. The fourth-order valence-electron chi connectivity index (χ4n) is 1.52. The third-order valence-corrected chi connectivity index (χ3v) is 3.01. The molecule has 0 aliphatic carbocycles. The van der Waals surface area contributed by atoms with E-state index in [0.29, 0.717) is 17.2 Å². The number of hydrogen-bond acceptors (Lipinski definition) is 2. The summed E-state index contributed by atoms with van der Waals surface area (Å²) in [7, 11) is 1.95. The van der Waals surface area contributed by atoms with Crippen molar-refractivity contribution in [3.05, 3.63) is 23.1 Å². The summed E-state index contributed by atoms with van der Waals surface area (Å²) in [6.45, 7) is 4.45. The molecule has 0 amide bonds. The SMILES string of the molecule is CCC(C)CC(NC)c1ccoc1Cl. The molecule has 1 heterocycles. The van der Waals surface area contributed by atoms with Crippen LogP contribution in [0.25, 0.3) is 0 Å². The first-order valence-corrected chi connectivity index (χ1v) is 5.47. The van der Waals surface area contributed by atoms with Gasteiger partial charge in [0.2, 0.25) is 0 Å². The molecular weight excluding hydrogens is 198 g/mol. The molecule has 0 bridgehead atoms. The summed E-state index contributed by atoms with van der Waals surface area (Å²) in [5.74, 6) is 0.693. The zero-order valence-electron chi connectivity index (χ0n) is 9.01. The maximum Gasteiger partial charge on any atom is 0.197 e. The summed E-state index contributed by atoms with van der Waals surface area (Å²) < 4.78 is 5.09. The van der Waals surface area contributed by atoms with Crippen LogP contribution in [0.4, 0.5) is 0 Å². The summed E-state index contributed by atoms with van der Waals surface area (Å²) >= 11 is 5.93. The quantitative estimate of drug-likeness (QED) is 0.812. The number of halogens is 1. The van der Waals surface area contributed by atoms with Crippen molar-refractivity contribution >= 4 is 11.6 Å². The van der Waals surface area contributed by atoms with Crippen molar-refractivity contribution in [2.24, 2.45) is 5.92 Å². The van der Waals surface area contributed by atoms with E-state index in [9.17, 15) is 0 Å². The lowest BCUT2D eigenvalue weighted by Crippen LogP contribution is -2.18. The highest BCUT2D eigenvalue weighted by molar-refractivity contribution is 6.29. The second-order valence-corrected chi connectivity index (χ2v) is 4.08. The summed E-state index contributed by atoms with van der Waals surface area (Å²) in [5.41, 5.74) is 1.06. The van der Waals surface area contributed by atoms with E-state index in [2.05, 4.69) is 19.2 Å². The standard InChI is InChI=1S/C11H18ClNO/c1-4-8(2)7-10(13-3)9-5-6-14-11(9)12/h5-6,8,10,13H,4,7H2,1-3H3. The second-order valence-electron chi connectivity index (χ2n) is 3.74. The van der Waals surface area contributed by atoms with Gasteiger partial charge in [-0.3, -0.25) is 0 Å². The Bertz CT molecular complexity index is 272. The summed E-state index contributed by atoms with van der Waals surface area (Å²) in [5, 5.41) is 3.77. The zero-order valence-corrected chi connectivity index (χ0v) is 9.77. The Morgan fingerprint density at radius 3 is 2.71 bits per heavy atom. The molecule has 0 fully saturated rings. The minimum Gasteiger partial charge on any atom is -0.453 e. The number of rotatable bonds is 5. The molecule has 0 aliphatic heterocycles. The smallest absolute Gasteiger partial charge is 0.197 e. The van der Waals surface area contributed by atoms with E-state index in [-0.39, 0.29) is 0 Å². The van der Waals surface area contributed by atoms with Gasteiger partial charge in [0, 0.05) is 11.6 Å². The molecule has 1 N–H and O–H groups in total. The van der Waals surface area contributed by atoms with Gasteiger partial charge in [0.05, 0.1) is 6.26 Å². The van der Waals surface area contributed by atoms with Crippen molar-refractivity contribution in [2.45, 2.75) is 32.7 Å². The molecule has 0 spiro atoms. The van der Waals surface area contributed by atoms with Gasteiger partial charge in [0.1, 0.15) is 0 Å². The van der Waals surface area contributed by atoms with Crippen LogP contribution in [0.3, 0.4) is 0 Å². The van der Waals surface area contributed by atoms with Crippen LogP contribution in [-0.4, -0.2) is 7.05 Å². The van der Waals surface area contributed by atoms with Crippen molar-refractivity contribution in [3.63, 3.8) is 0 Å². The lowest BCUT2D eigenvalue weighted by molar-refractivity contribution is 0.419. The van der Waals surface area contributed by atoms with Crippen LogP contribution in [0, 0.1) is 5.92 Å². The normalized spacial score (nSPS) is 15.4. The summed E-state index contributed by atoms with van der Waals surface area (Å²) in [6.07, 6.45) is 3.92. The number of furan rings is 1. The van der Waals surface area contributed by atoms with Gasteiger partial charge in [-0.15, -0.1) is 0 Å². The van der Waals surface area contributed by atoms with Crippen LogP contribution >= 0.6 is 11.6 Å².